The van der Waals surface area contributed by atoms with Gasteiger partial charge in [0.05, 0.1) is 18.3 Å². The van der Waals surface area contributed by atoms with Gasteiger partial charge in [-0.3, -0.25) is 24.0 Å². The van der Waals surface area contributed by atoms with E-state index in [0.29, 0.717) is 42.2 Å². The summed E-state index contributed by atoms with van der Waals surface area (Å²) in [4.78, 5) is 75.9. The molecule has 3 N–H and O–H groups in total. The minimum Gasteiger partial charge on any atom is -0.387 e. The Labute approximate surface area is 296 Å². The lowest BCUT2D eigenvalue weighted by Crippen LogP contribution is -2.59. The molecule has 2 aromatic rings. The largest absolute Gasteiger partial charge is 0.387 e. The van der Waals surface area contributed by atoms with Crippen LogP contribution in [0.4, 0.5) is 0 Å². The molecular formula is C36H45ClN6O7. The Morgan fingerprint density at radius 1 is 1.10 bits per heavy atom. The van der Waals surface area contributed by atoms with Gasteiger partial charge in [-0.05, 0) is 56.1 Å². The third kappa shape index (κ3) is 7.57. The van der Waals surface area contributed by atoms with E-state index < -0.39 is 58.6 Å². The SMILES string of the molecule is CCC[C@H](NC(=O)C1CC2(CC(c3cccc(Cl)c3)=NO2)CN1C(=O)[C@@H](NC(=O)c1noc2c1CCCC2)C(C)(C)C)C(=O)C(=O)NC1CC1. The molecule has 1 aromatic carbocycles. The Morgan fingerprint density at radius 3 is 2.56 bits per heavy atom. The predicted molar refractivity (Wildman–Crippen MR) is 183 cm³/mol. The Bertz CT molecular complexity index is 1710. The van der Waals surface area contributed by atoms with Crippen LogP contribution in [0, 0.1) is 5.41 Å². The second-order valence-corrected chi connectivity index (χ2v) is 15.5. The number of nitrogens with one attached hydrogen (secondary N) is 3. The van der Waals surface area contributed by atoms with Crippen molar-refractivity contribution >= 4 is 46.7 Å². The lowest BCUT2D eigenvalue weighted by molar-refractivity contribution is -0.144. The number of likely N-dealkylation sites (tertiary alicyclic amines) is 1. The standard InChI is InChI=1S/C36H45ClN6O7/c1-5-9-24(29(44)33(47)38-22-14-15-22)39-31(45)26-18-36(17-25(41-50-36)20-10-8-11-21(37)16-20)19-43(26)34(48)30(35(2,3)4)40-32(46)28-23-12-6-7-13-27(23)49-42-28/h8,10-11,16,22,24,26,30H,5-7,9,12-15,17-19H2,1-4H3,(H,38,47)(H,39,45)(H,40,46)/t24-,26?,30+,36?/m0/s1. The minimum atomic E-state index is -1.09. The number of ketones is 1. The highest BCUT2D eigenvalue weighted by Gasteiger charge is 2.56. The number of carbonyl (C=O) groups excluding carboxylic acids is 5. The minimum absolute atomic E-state index is 0.00610. The van der Waals surface area contributed by atoms with Crippen LogP contribution in [0.25, 0.3) is 0 Å². The van der Waals surface area contributed by atoms with Gasteiger partial charge in [0.1, 0.15) is 17.8 Å². The van der Waals surface area contributed by atoms with Crippen LogP contribution in [-0.4, -0.2) is 81.5 Å². The maximum absolute atomic E-state index is 14.7. The first-order chi connectivity index (χ1) is 23.8. The number of halogens is 1. The smallest absolute Gasteiger partial charge is 0.289 e. The van der Waals surface area contributed by atoms with Crippen LogP contribution in [0.1, 0.15) is 106 Å². The molecule has 1 spiro atoms. The van der Waals surface area contributed by atoms with Gasteiger partial charge in [0.15, 0.2) is 11.3 Å². The van der Waals surface area contributed by atoms with Gasteiger partial charge >= 0.3 is 0 Å². The lowest BCUT2D eigenvalue weighted by atomic mass is 9.85. The number of carbonyl (C=O) groups is 5. The van der Waals surface area contributed by atoms with Crippen molar-refractivity contribution in [1.82, 2.24) is 26.0 Å². The van der Waals surface area contributed by atoms with Crippen LogP contribution in [0.2, 0.25) is 5.02 Å². The number of oxime groups is 1. The molecule has 2 unspecified atom stereocenters. The van der Waals surface area contributed by atoms with Crippen molar-refractivity contribution < 1.29 is 33.3 Å². The van der Waals surface area contributed by atoms with E-state index in [1.54, 1.807) is 18.2 Å². The topological polar surface area (TPSA) is 172 Å². The summed E-state index contributed by atoms with van der Waals surface area (Å²) >= 11 is 6.25. The van der Waals surface area contributed by atoms with Gasteiger partial charge in [0, 0.05) is 41.5 Å². The number of benzene rings is 1. The zero-order valence-corrected chi connectivity index (χ0v) is 29.7. The molecule has 0 bridgehead atoms. The molecule has 3 heterocycles. The zero-order chi connectivity index (χ0) is 35.8. The summed E-state index contributed by atoms with van der Waals surface area (Å²) in [5.41, 5.74) is 0.458. The first-order valence-electron chi connectivity index (χ1n) is 17.5. The molecule has 13 nitrogen and oxygen atoms in total. The highest BCUT2D eigenvalue weighted by atomic mass is 35.5. The maximum Gasteiger partial charge on any atom is 0.289 e. The van der Waals surface area contributed by atoms with E-state index in [1.807, 2.05) is 33.8 Å². The van der Waals surface area contributed by atoms with E-state index in [-0.39, 0.29) is 31.1 Å². The molecule has 14 heteroatoms. The molecule has 1 saturated carbocycles. The number of nitrogens with zero attached hydrogens (tertiary/aromatic N) is 3. The van der Waals surface area contributed by atoms with Crippen LogP contribution < -0.4 is 16.0 Å². The van der Waals surface area contributed by atoms with Crippen molar-refractivity contribution in [2.75, 3.05) is 6.54 Å². The van der Waals surface area contributed by atoms with Crippen molar-refractivity contribution in [1.29, 1.82) is 0 Å². The zero-order valence-electron chi connectivity index (χ0n) is 29.0. The first-order valence-corrected chi connectivity index (χ1v) is 17.9. The molecule has 50 heavy (non-hydrogen) atoms. The number of fused-ring (bicyclic) bond motifs is 1. The van der Waals surface area contributed by atoms with Gasteiger partial charge in [-0.25, -0.2) is 0 Å². The van der Waals surface area contributed by atoms with Crippen LogP contribution in [-0.2, 0) is 36.9 Å². The molecule has 1 aromatic heterocycles. The fourth-order valence-electron chi connectivity index (χ4n) is 7.00. The van der Waals surface area contributed by atoms with E-state index >= 15 is 0 Å². The number of rotatable bonds is 11. The molecule has 1 saturated heterocycles. The highest BCUT2D eigenvalue weighted by Crippen LogP contribution is 2.40. The number of Topliss-reactive ketones (excluding diaryl/α,β-unsaturated/α-hetero) is 1. The Balaban J connectivity index is 1.27. The molecule has 6 rings (SSSR count). The molecule has 0 radical (unpaired) electrons. The molecule has 4 aliphatic rings. The summed E-state index contributed by atoms with van der Waals surface area (Å²) in [5.74, 6) is -2.38. The fourth-order valence-corrected chi connectivity index (χ4v) is 7.19. The van der Waals surface area contributed by atoms with E-state index in [9.17, 15) is 24.0 Å². The number of aromatic nitrogens is 1. The Kier molecular flexibility index (Phi) is 10.1. The average Bonchev–Trinajstić information content (AvgIpc) is 3.47. The van der Waals surface area contributed by atoms with Crippen molar-refractivity contribution in [3.63, 3.8) is 0 Å². The maximum atomic E-state index is 14.7. The van der Waals surface area contributed by atoms with Crippen LogP contribution in [0.3, 0.4) is 0 Å². The molecule has 4 amide bonds. The summed E-state index contributed by atoms with van der Waals surface area (Å²) < 4.78 is 5.47. The van der Waals surface area contributed by atoms with E-state index in [1.165, 1.54) is 4.90 Å². The Hall–Kier alpha value is -4.26. The summed E-state index contributed by atoms with van der Waals surface area (Å²) in [6, 6.07) is 3.94. The molecule has 2 fully saturated rings. The summed E-state index contributed by atoms with van der Waals surface area (Å²) in [6.45, 7) is 7.34. The lowest BCUT2D eigenvalue weighted by Gasteiger charge is -2.35. The third-order valence-electron chi connectivity index (χ3n) is 9.88. The Morgan fingerprint density at radius 2 is 1.86 bits per heavy atom. The van der Waals surface area contributed by atoms with E-state index in [2.05, 4.69) is 26.3 Å². The van der Waals surface area contributed by atoms with Gasteiger partial charge in [0.25, 0.3) is 11.8 Å². The van der Waals surface area contributed by atoms with E-state index in [4.69, 9.17) is 21.0 Å². The fraction of sp³-hybridized carbons (Fsp3) is 0.583. The predicted octanol–water partition coefficient (Wildman–Crippen LogP) is 3.65. The van der Waals surface area contributed by atoms with Gasteiger partial charge < -0.3 is 30.2 Å². The molecular weight excluding hydrogens is 664 g/mol. The van der Waals surface area contributed by atoms with Gasteiger partial charge in [0.2, 0.25) is 17.6 Å². The van der Waals surface area contributed by atoms with Crippen LogP contribution in [0.5, 0.6) is 0 Å². The third-order valence-corrected chi connectivity index (χ3v) is 10.1. The summed E-state index contributed by atoms with van der Waals surface area (Å²) in [7, 11) is 0. The van der Waals surface area contributed by atoms with E-state index in [0.717, 1.165) is 36.8 Å². The van der Waals surface area contributed by atoms with Gasteiger partial charge in [-0.15, -0.1) is 0 Å². The van der Waals surface area contributed by atoms with Crippen molar-refractivity contribution in [2.45, 2.75) is 122 Å². The van der Waals surface area contributed by atoms with Crippen LogP contribution in [0.15, 0.2) is 33.9 Å². The number of amides is 4. The average molecular weight is 709 g/mol. The van der Waals surface area contributed by atoms with Gasteiger partial charge in [-0.2, -0.15) is 0 Å². The molecule has 2 aliphatic heterocycles. The van der Waals surface area contributed by atoms with Crippen molar-refractivity contribution in [3.05, 3.63) is 51.9 Å². The molecule has 4 atom stereocenters. The number of aryl methyl sites for hydroxylation is 1. The van der Waals surface area contributed by atoms with Crippen LogP contribution >= 0.6 is 11.6 Å². The molecule has 2 aliphatic carbocycles. The highest BCUT2D eigenvalue weighted by molar-refractivity contribution is 6.38. The molecule has 268 valence electrons. The summed E-state index contributed by atoms with van der Waals surface area (Å²) in [6.07, 6.45) is 6.00. The van der Waals surface area contributed by atoms with Crippen molar-refractivity contribution in [3.8, 4) is 0 Å². The summed E-state index contributed by atoms with van der Waals surface area (Å²) in [5, 5.41) is 17.3. The van der Waals surface area contributed by atoms with Gasteiger partial charge in [-0.1, -0.05) is 68.2 Å². The number of hydrogen-bond acceptors (Lipinski definition) is 9. The second kappa shape index (κ2) is 14.2. The quantitative estimate of drug-likeness (QED) is 0.297. The number of hydrogen-bond donors (Lipinski definition) is 3. The second-order valence-electron chi connectivity index (χ2n) is 15.1. The first kappa shape index (κ1) is 35.6. The normalized spacial score (nSPS) is 22.6. The van der Waals surface area contributed by atoms with Crippen molar-refractivity contribution in [2.24, 2.45) is 10.6 Å². The monoisotopic (exact) mass is 708 g/mol.